The van der Waals surface area contributed by atoms with E-state index in [1.807, 2.05) is 41.8 Å². The highest BCUT2D eigenvalue weighted by molar-refractivity contribution is 5.93. The van der Waals surface area contributed by atoms with E-state index in [2.05, 4.69) is 18.7 Å². The van der Waals surface area contributed by atoms with Crippen LogP contribution in [0.1, 0.15) is 44.1 Å². The zero-order chi connectivity index (χ0) is 25.0. The van der Waals surface area contributed by atoms with Gasteiger partial charge in [-0.1, -0.05) is 0 Å². The van der Waals surface area contributed by atoms with Crippen molar-refractivity contribution < 1.29 is 37.4 Å². The van der Waals surface area contributed by atoms with E-state index in [0.29, 0.717) is 31.4 Å². The molecule has 0 spiro atoms. The maximum Gasteiger partial charge on any atom is 0.490 e. The van der Waals surface area contributed by atoms with E-state index < -0.39 is 17.6 Å². The van der Waals surface area contributed by atoms with E-state index >= 15 is 0 Å². The molecule has 3 heterocycles. The van der Waals surface area contributed by atoms with Crippen LogP contribution in [-0.4, -0.2) is 82.3 Å². The van der Waals surface area contributed by atoms with Gasteiger partial charge in [-0.15, -0.1) is 0 Å². The van der Waals surface area contributed by atoms with Gasteiger partial charge in [-0.3, -0.25) is 14.5 Å². The Morgan fingerprint density at radius 1 is 1.27 bits per heavy atom. The van der Waals surface area contributed by atoms with Gasteiger partial charge in [-0.2, -0.15) is 13.2 Å². The van der Waals surface area contributed by atoms with E-state index in [0.717, 1.165) is 25.9 Å². The Balaban J connectivity index is 0.000000479. The second-order valence-electron chi connectivity index (χ2n) is 8.76. The standard InChI is InChI=1S/C20H31N3O3.C2HF3O2/c1-5-26-19(25)20-9-7-11-22(18(24)17-8-6-10-21(17)4)12-16(20)13-23(14-20)15(2)3;3-2(4,5)1(6)7/h6,8,10,15-16H,5,7,9,11-14H2,1-4H3;(H,6,7)/t16-,20-;/m0./s1. The molecule has 2 aliphatic rings. The van der Waals surface area contributed by atoms with Gasteiger partial charge in [-0.25, -0.2) is 4.79 Å². The summed E-state index contributed by atoms with van der Waals surface area (Å²) in [5.41, 5.74) is 0.219. The number of ether oxygens (including phenoxy) is 1. The SMILES string of the molecule is CCOC(=O)[C@]12CCCN(C(=O)c3cccn3C)C[C@H]1CN(C(C)C)C2.O=C(O)C(F)(F)F. The first-order chi connectivity index (χ1) is 15.3. The van der Waals surface area contributed by atoms with Crippen LogP contribution < -0.4 is 0 Å². The largest absolute Gasteiger partial charge is 0.490 e. The summed E-state index contributed by atoms with van der Waals surface area (Å²) in [5, 5.41) is 7.12. The normalized spacial score (nSPS) is 23.4. The number of nitrogens with zero attached hydrogens (tertiary/aromatic N) is 3. The number of carbonyl (C=O) groups excluding carboxylic acids is 2. The average Bonchev–Trinajstić information content (AvgIpc) is 3.26. The number of halogens is 3. The van der Waals surface area contributed by atoms with Crippen LogP contribution >= 0.6 is 0 Å². The van der Waals surface area contributed by atoms with Crippen molar-refractivity contribution in [2.75, 3.05) is 32.8 Å². The Hall–Kier alpha value is -2.56. The van der Waals surface area contributed by atoms with Crippen LogP contribution in [-0.2, 0) is 21.4 Å². The van der Waals surface area contributed by atoms with E-state index in [4.69, 9.17) is 14.6 Å². The van der Waals surface area contributed by atoms with Crippen molar-refractivity contribution in [3.8, 4) is 0 Å². The van der Waals surface area contributed by atoms with Gasteiger partial charge in [0.25, 0.3) is 5.91 Å². The molecule has 3 rings (SSSR count). The second kappa shape index (κ2) is 10.6. The zero-order valence-electron chi connectivity index (χ0n) is 19.4. The monoisotopic (exact) mass is 475 g/mol. The molecule has 0 radical (unpaired) electrons. The molecular weight excluding hydrogens is 443 g/mol. The van der Waals surface area contributed by atoms with E-state index in [1.165, 1.54) is 0 Å². The Bertz CT molecular complexity index is 855. The van der Waals surface area contributed by atoms with E-state index in [9.17, 15) is 22.8 Å². The molecule has 1 N–H and O–H groups in total. The number of aliphatic carboxylic acids is 1. The van der Waals surface area contributed by atoms with Crippen molar-refractivity contribution in [2.45, 2.75) is 45.8 Å². The zero-order valence-corrected chi connectivity index (χ0v) is 19.4. The van der Waals surface area contributed by atoms with Gasteiger partial charge in [0.2, 0.25) is 0 Å². The molecule has 1 amide bonds. The summed E-state index contributed by atoms with van der Waals surface area (Å²) in [6, 6.07) is 4.13. The number of hydrogen-bond donors (Lipinski definition) is 1. The van der Waals surface area contributed by atoms with Crippen LogP contribution in [0.25, 0.3) is 0 Å². The summed E-state index contributed by atoms with van der Waals surface area (Å²) in [6.45, 7) is 9.48. The highest BCUT2D eigenvalue weighted by Crippen LogP contribution is 2.44. The third kappa shape index (κ3) is 6.07. The van der Waals surface area contributed by atoms with Crippen molar-refractivity contribution in [3.63, 3.8) is 0 Å². The van der Waals surface area contributed by atoms with Crippen LogP contribution in [0.15, 0.2) is 18.3 Å². The highest BCUT2D eigenvalue weighted by Gasteiger charge is 2.54. The van der Waals surface area contributed by atoms with Crippen LogP contribution in [0.3, 0.4) is 0 Å². The summed E-state index contributed by atoms with van der Waals surface area (Å²) in [5.74, 6) is -2.66. The summed E-state index contributed by atoms with van der Waals surface area (Å²) in [6.07, 6.45) is -1.57. The molecule has 2 atom stereocenters. The van der Waals surface area contributed by atoms with E-state index in [1.54, 1.807) is 0 Å². The molecule has 1 aromatic heterocycles. The maximum absolute atomic E-state index is 13.0. The van der Waals surface area contributed by atoms with Crippen LogP contribution in [0, 0.1) is 11.3 Å². The summed E-state index contributed by atoms with van der Waals surface area (Å²) in [4.78, 5) is 39.1. The number of esters is 1. The summed E-state index contributed by atoms with van der Waals surface area (Å²) < 4.78 is 39.1. The molecule has 11 heteroatoms. The number of hydrogen-bond acceptors (Lipinski definition) is 5. The minimum Gasteiger partial charge on any atom is -0.475 e. The smallest absolute Gasteiger partial charge is 0.475 e. The summed E-state index contributed by atoms with van der Waals surface area (Å²) in [7, 11) is 1.89. The number of rotatable bonds is 4. The molecule has 8 nitrogen and oxygen atoms in total. The van der Waals surface area contributed by atoms with Gasteiger partial charge in [-0.05, 0) is 45.7 Å². The fraction of sp³-hybridized carbons (Fsp3) is 0.682. The predicted molar refractivity (Wildman–Crippen MR) is 114 cm³/mol. The van der Waals surface area contributed by atoms with Crippen molar-refractivity contribution in [2.24, 2.45) is 18.4 Å². The average molecular weight is 476 g/mol. The number of aromatic nitrogens is 1. The molecule has 2 saturated heterocycles. The predicted octanol–water partition coefficient (Wildman–Crippen LogP) is 2.78. The van der Waals surface area contributed by atoms with Crippen LogP contribution in [0.2, 0.25) is 0 Å². The van der Waals surface area contributed by atoms with Crippen molar-refractivity contribution in [1.29, 1.82) is 0 Å². The van der Waals surface area contributed by atoms with Gasteiger partial charge in [0, 0.05) is 51.4 Å². The second-order valence-corrected chi connectivity index (χ2v) is 8.76. The molecule has 0 saturated carbocycles. The van der Waals surface area contributed by atoms with Crippen LogP contribution in [0.5, 0.6) is 0 Å². The molecular formula is C22H32F3N3O5. The number of carboxylic acid groups (broad SMARTS) is 1. The third-order valence-electron chi connectivity index (χ3n) is 6.32. The van der Waals surface area contributed by atoms with Crippen molar-refractivity contribution in [3.05, 3.63) is 24.0 Å². The van der Waals surface area contributed by atoms with Crippen molar-refractivity contribution >= 4 is 17.8 Å². The maximum atomic E-state index is 13.0. The number of likely N-dealkylation sites (tertiary alicyclic amines) is 2. The Labute approximate surface area is 191 Å². The molecule has 0 unspecified atom stereocenters. The fourth-order valence-corrected chi connectivity index (χ4v) is 4.50. The Morgan fingerprint density at radius 3 is 2.39 bits per heavy atom. The molecule has 0 aromatic carbocycles. The lowest BCUT2D eigenvalue weighted by Gasteiger charge is -2.31. The number of fused-ring (bicyclic) bond motifs is 1. The van der Waals surface area contributed by atoms with Gasteiger partial charge in [0.1, 0.15) is 5.69 Å². The Kier molecular flexibility index (Phi) is 8.56. The van der Waals surface area contributed by atoms with E-state index in [-0.39, 0.29) is 17.8 Å². The molecule has 33 heavy (non-hydrogen) atoms. The highest BCUT2D eigenvalue weighted by atomic mass is 19.4. The lowest BCUT2D eigenvalue weighted by Crippen LogP contribution is -2.43. The number of carboxylic acids is 1. The number of alkyl halides is 3. The molecule has 2 aliphatic heterocycles. The van der Waals surface area contributed by atoms with Crippen LogP contribution in [0.4, 0.5) is 13.2 Å². The minimum atomic E-state index is -5.08. The quantitative estimate of drug-likeness (QED) is 0.674. The first-order valence-electron chi connectivity index (χ1n) is 11.0. The molecule has 186 valence electrons. The molecule has 0 bridgehead atoms. The van der Waals surface area contributed by atoms with Gasteiger partial charge >= 0.3 is 18.1 Å². The molecule has 2 fully saturated rings. The molecule has 0 aliphatic carbocycles. The molecule has 1 aromatic rings. The van der Waals surface area contributed by atoms with Gasteiger partial charge in [0.05, 0.1) is 12.0 Å². The fourth-order valence-electron chi connectivity index (χ4n) is 4.50. The first-order valence-corrected chi connectivity index (χ1v) is 11.0. The topological polar surface area (TPSA) is 92.1 Å². The lowest BCUT2D eigenvalue weighted by atomic mass is 9.75. The number of amides is 1. The lowest BCUT2D eigenvalue weighted by molar-refractivity contribution is -0.192. The first kappa shape index (κ1) is 26.7. The minimum absolute atomic E-state index is 0.0557. The Morgan fingerprint density at radius 2 is 1.91 bits per heavy atom. The van der Waals surface area contributed by atoms with Gasteiger partial charge < -0.3 is 19.3 Å². The third-order valence-corrected chi connectivity index (χ3v) is 6.32. The van der Waals surface area contributed by atoms with Crippen molar-refractivity contribution in [1.82, 2.24) is 14.4 Å². The number of aryl methyl sites for hydroxylation is 1. The number of carbonyl (C=O) groups is 3. The van der Waals surface area contributed by atoms with Gasteiger partial charge in [0.15, 0.2) is 0 Å². The summed E-state index contributed by atoms with van der Waals surface area (Å²) >= 11 is 0.